The molecule has 1 unspecified atom stereocenters. The highest BCUT2D eigenvalue weighted by molar-refractivity contribution is 5.76. The number of piperidine rings is 1. The van der Waals surface area contributed by atoms with Crippen LogP contribution in [-0.4, -0.2) is 43.2 Å². The highest BCUT2D eigenvalue weighted by atomic mass is 16.5. The molecule has 1 rings (SSSR count). The Hall–Kier alpha value is -0.610. The van der Waals surface area contributed by atoms with Crippen LogP contribution in [0.15, 0.2) is 0 Å². The number of methoxy groups -OCH3 is 1. The van der Waals surface area contributed by atoms with E-state index >= 15 is 0 Å². The van der Waals surface area contributed by atoms with Gasteiger partial charge in [-0.05, 0) is 44.6 Å². The fraction of sp³-hybridized carbons (Fsp3) is 0.933. The molecule has 0 radical (unpaired) electrons. The fourth-order valence-corrected chi connectivity index (χ4v) is 2.70. The first kappa shape index (κ1) is 16.4. The van der Waals surface area contributed by atoms with E-state index < -0.39 is 0 Å². The molecule has 0 aromatic heterocycles. The third kappa shape index (κ3) is 5.11. The quantitative estimate of drug-likeness (QED) is 0.805. The second kappa shape index (κ2) is 6.71. The van der Waals surface area contributed by atoms with Crippen molar-refractivity contribution in [1.29, 1.82) is 0 Å². The molecule has 1 fully saturated rings. The summed E-state index contributed by atoms with van der Waals surface area (Å²) < 4.78 is 5.53. The van der Waals surface area contributed by atoms with Crippen LogP contribution in [0.5, 0.6) is 0 Å². The molecule has 1 amide bonds. The van der Waals surface area contributed by atoms with Gasteiger partial charge in [-0.1, -0.05) is 13.8 Å². The zero-order valence-corrected chi connectivity index (χ0v) is 13.0. The Morgan fingerprint density at radius 1 is 1.42 bits per heavy atom. The van der Waals surface area contributed by atoms with Gasteiger partial charge in [-0.2, -0.15) is 0 Å². The Labute approximate surface area is 117 Å². The standard InChI is InChI=1S/C15H30N2O2/c1-14(2,9-10-16)8-6-13(18)17-11-5-7-15(3,12-17)19-4/h5-12,16H2,1-4H3. The first-order valence-corrected chi connectivity index (χ1v) is 7.35. The van der Waals surface area contributed by atoms with Crippen molar-refractivity contribution < 1.29 is 9.53 Å². The van der Waals surface area contributed by atoms with Crippen LogP contribution in [0.4, 0.5) is 0 Å². The van der Waals surface area contributed by atoms with E-state index in [0.717, 1.165) is 38.8 Å². The molecule has 1 saturated heterocycles. The molecule has 1 atom stereocenters. The van der Waals surface area contributed by atoms with E-state index in [4.69, 9.17) is 10.5 Å². The molecule has 1 aliphatic heterocycles. The molecule has 0 bridgehead atoms. The highest BCUT2D eigenvalue weighted by Gasteiger charge is 2.33. The maximum absolute atomic E-state index is 12.3. The van der Waals surface area contributed by atoms with Gasteiger partial charge in [0.05, 0.1) is 5.60 Å². The zero-order valence-electron chi connectivity index (χ0n) is 13.0. The number of ether oxygens (including phenoxy) is 1. The second-order valence-electron chi connectivity index (χ2n) is 6.78. The number of likely N-dealkylation sites (tertiary alicyclic amines) is 1. The van der Waals surface area contributed by atoms with Crippen molar-refractivity contribution in [1.82, 2.24) is 4.90 Å². The second-order valence-corrected chi connectivity index (χ2v) is 6.78. The Bertz CT molecular complexity index is 305. The molecule has 0 aromatic rings. The summed E-state index contributed by atoms with van der Waals surface area (Å²) in [5.41, 5.74) is 5.60. The minimum absolute atomic E-state index is 0.157. The smallest absolute Gasteiger partial charge is 0.222 e. The third-order valence-corrected chi connectivity index (χ3v) is 4.34. The van der Waals surface area contributed by atoms with Gasteiger partial charge >= 0.3 is 0 Å². The first-order chi connectivity index (χ1) is 8.82. The summed E-state index contributed by atoms with van der Waals surface area (Å²) in [7, 11) is 1.73. The van der Waals surface area contributed by atoms with Gasteiger partial charge < -0.3 is 15.4 Å². The van der Waals surface area contributed by atoms with Gasteiger partial charge in [0.15, 0.2) is 0 Å². The van der Waals surface area contributed by atoms with E-state index in [1.54, 1.807) is 7.11 Å². The molecule has 0 aromatic carbocycles. The molecule has 19 heavy (non-hydrogen) atoms. The van der Waals surface area contributed by atoms with Crippen molar-refractivity contribution in [3.63, 3.8) is 0 Å². The maximum Gasteiger partial charge on any atom is 0.222 e. The molecule has 112 valence electrons. The van der Waals surface area contributed by atoms with Gasteiger partial charge in [-0.15, -0.1) is 0 Å². The fourth-order valence-electron chi connectivity index (χ4n) is 2.70. The van der Waals surface area contributed by atoms with Crippen molar-refractivity contribution in [2.75, 3.05) is 26.7 Å². The van der Waals surface area contributed by atoms with Gasteiger partial charge in [0.2, 0.25) is 5.91 Å². The van der Waals surface area contributed by atoms with Crippen molar-refractivity contribution in [2.45, 2.75) is 58.5 Å². The Morgan fingerprint density at radius 2 is 2.11 bits per heavy atom. The Morgan fingerprint density at radius 3 is 2.68 bits per heavy atom. The summed E-state index contributed by atoms with van der Waals surface area (Å²) in [6, 6.07) is 0. The van der Waals surface area contributed by atoms with Crippen LogP contribution in [0.1, 0.15) is 52.9 Å². The van der Waals surface area contributed by atoms with E-state index in [1.165, 1.54) is 0 Å². The molecule has 0 spiro atoms. The van der Waals surface area contributed by atoms with E-state index in [0.29, 0.717) is 13.0 Å². The number of carbonyl (C=O) groups excluding carboxylic acids is 1. The molecule has 2 N–H and O–H groups in total. The van der Waals surface area contributed by atoms with Crippen LogP contribution >= 0.6 is 0 Å². The number of carbonyl (C=O) groups is 1. The van der Waals surface area contributed by atoms with Crippen molar-refractivity contribution in [2.24, 2.45) is 11.1 Å². The lowest BCUT2D eigenvalue weighted by molar-refractivity contribution is -0.139. The largest absolute Gasteiger partial charge is 0.377 e. The predicted molar refractivity (Wildman–Crippen MR) is 77.9 cm³/mol. The van der Waals surface area contributed by atoms with E-state index in [2.05, 4.69) is 20.8 Å². The number of rotatable bonds is 6. The van der Waals surface area contributed by atoms with Crippen molar-refractivity contribution in [3.8, 4) is 0 Å². The van der Waals surface area contributed by atoms with Crippen LogP contribution in [0.3, 0.4) is 0 Å². The van der Waals surface area contributed by atoms with Gasteiger partial charge in [0.1, 0.15) is 0 Å². The minimum Gasteiger partial charge on any atom is -0.377 e. The van der Waals surface area contributed by atoms with Crippen molar-refractivity contribution >= 4 is 5.91 Å². The van der Waals surface area contributed by atoms with E-state index in [9.17, 15) is 4.79 Å². The van der Waals surface area contributed by atoms with Crippen molar-refractivity contribution in [3.05, 3.63) is 0 Å². The lowest BCUT2D eigenvalue weighted by Gasteiger charge is -2.39. The maximum atomic E-state index is 12.3. The monoisotopic (exact) mass is 270 g/mol. The number of amides is 1. The number of nitrogens with zero attached hydrogens (tertiary/aromatic N) is 1. The van der Waals surface area contributed by atoms with Crippen LogP contribution in [0.2, 0.25) is 0 Å². The molecule has 1 aliphatic rings. The summed E-state index contributed by atoms with van der Waals surface area (Å²) in [5, 5.41) is 0. The van der Waals surface area contributed by atoms with Crippen LogP contribution in [-0.2, 0) is 9.53 Å². The topological polar surface area (TPSA) is 55.6 Å². The Kier molecular flexibility index (Phi) is 5.81. The molecular weight excluding hydrogens is 240 g/mol. The molecule has 4 heteroatoms. The van der Waals surface area contributed by atoms with E-state index in [-0.39, 0.29) is 16.9 Å². The number of hydrogen-bond acceptors (Lipinski definition) is 3. The summed E-state index contributed by atoms with van der Waals surface area (Å²) in [5.74, 6) is 0.257. The average Bonchev–Trinajstić information content (AvgIpc) is 2.36. The van der Waals surface area contributed by atoms with Gasteiger partial charge in [0.25, 0.3) is 0 Å². The third-order valence-electron chi connectivity index (χ3n) is 4.34. The van der Waals surface area contributed by atoms with E-state index in [1.807, 2.05) is 4.90 Å². The SMILES string of the molecule is COC1(C)CCCN(C(=O)CCC(C)(C)CCN)C1. The molecule has 4 nitrogen and oxygen atoms in total. The molecule has 1 heterocycles. The molecular formula is C15H30N2O2. The van der Waals surface area contributed by atoms with Gasteiger partial charge in [-0.25, -0.2) is 0 Å². The number of nitrogens with two attached hydrogens (primary N) is 1. The van der Waals surface area contributed by atoms with Crippen LogP contribution in [0, 0.1) is 5.41 Å². The summed E-state index contributed by atoms with van der Waals surface area (Å²) >= 11 is 0. The van der Waals surface area contributed by atoms with Crippen LogP contribution in [0.25, 0.3) is 0 Å². The van der Waals surface area contributed by atoms with Gasteiger partial charge in [0, 0.05) is 26.6 Å². The number of hydrogen-bond donors (Lipinski definition) is 1. The van der Waals surface area contributed by atoms with Crippen LogP contribution < -0.4 is 5.73 Å². The lowest BCUT2D eigenvalue weighted by atomic mass is 9.84. The first-order valence-electron chi connectivity index (χ1n) is 7.35. The summed E-state index contributed by atoms with van der Waals surface area (Å²) in [6.45, 7) is 8.73. The average molecular weight is 270 g/mol. The Balaban J connectivity index is 2.45. The molecule has 0 saturated carbocycles. The normalized spacial score (nSPS) is 24.6. The zero-order chi connectivity index (χ0) is 14.5. The summed E-state index contributed by atoms with van der Waals surface area (Å²) in [4.78, 5) is 14.3. The highest BCUT2D eigenvalue weighted by Crippen LogP contribution is 2.28. The minimum atomic E-state index is -0.166. The summed E-state index contributed by atoms with van der Waals surface area (Å²) in [6.07, 6.45) is 4.56. The predicted octanol–water partition coefficient (Wildman–Crippen LogP) is 2.17. The van der Waals surface area contributed by atoms with Gasteiger partial charge in [-0.3, -0.25) is 4.79 Å². The lowest BCUT2D eigenvalue weighted by Crippen LogP contribution is -2.49. The molecule has 0 aliphatic carbocycles.